The molecule has 0 bridgehead atoms. The lowest BCUT2D eigenvalue weighted by Crippen LogP contribution is -2.48. The summed E-state index contributed by atoms with van der Waals surface area (Å²) in [6.45, 7) is 8.51. The Labute approximate surface area is 90.9 Å². The van der Waals surface area contributed by atoms with Crippen LogP contribution in [0.3, 0.4) is 0 Å². The minimum absolute atomic E-state index is 0.284. The summed E-state index contributed by atoms with van der Waals surface area (Å²) in [6, 6.07) is 2.58. The van der Waals surface area contributed by atoms with Crippen molar-refractivity contribution in [3.63, 3.8) is 0 Å². The summed E-state index contributed by atoms with van der Waals surface area (Å²) >= 11 is 0. The van der Waals surface area contributed by atoms with Gasteiger partial charge in [0, 0.05) is 12.2 Å². The van der Waals surface area contributed by atoms with Gasteiger partial charge in [0.2, 0.25) is 0 Å². The number of hydrogen-bond acceptors (Lipinski definition) is 3. The van der Waals surface area contributed by atoms with Crippen LogP contribution in [0, 0.1) is 18.3 Å². The van der Waals surface area contributed by atoms with E-state index in [4.69, 9.17) is 5.26 Å². The predicted molar refractivity (Wildman–Crippen MR) is 59.3 cm³/mol. The van der Waals surface area contributed by atoms with Crippen LogP contribution in [0.2, 0.25) is 0 Å². The molecule has 1 aromatic heterocycles. The molecule has 0 aliphatic heterocycles. The Morgan fingerprint density at radius 1 is 1.67 bits per heavy atom. The Morgan fingerprint density at radius 2 is 2.33 bits per heavy atom. The highest BCUT2D eigenvalue weighted by Crippen LogP contribution is 2.08. The van der Waals surface area contributed by atoms with Crippen molar-refractivity contribution in [1.82, 2.24) is 15.1 Å². The molecule has 1 atom stereocenters. The van der Waals surface area contributed by atoms with Gasteiger partial charge in [0.15, 0.2) is 0 Å². The van der Waals surface area contributed by atoms with E-state index in [9.17, 15) is 0 Å². The average molecular weight is 206 g/mol. The number of rotatable bonds is 4. The van der Waals surface area contributed by atoms with Crippen LogP contribution in [-0.2, 0) is 6.54 Å². The molecule has 0 aromatic carbocycles. The lowest BCUT2D eigenvalue weighted by molar-refractivity contribution is 0.344. The fourth-order valence-corrected chi connectivity index (χ4v) is 1.63. The Hall–Kier alpha value is -1.34. The van der Waals surface area contributed by atoms with Crippen LogP contribution in [0.15, 0.2) is 12.4 Å². The van der Waals surface area contributed by atoms with Gasteiger partial charge < -0.3 is 0 Å². The molecule has 82 valence electrons. The molecule has 4 heteroatoms. The van der Waals surface area contributed by atoms with E-state index in [1.54, 1.807) is 10.9 Å². The molecule has 0 radical (unpaired) electrons. The van der Waals surface area contributed by atoms with Gasteiger partial charge in [-0.15, -0.1) is 0 Å². The van der Waals surface area contributed by atoms with Crippen molar-refractivity contribution in [2.24, 2.45) is 0 Å². The van der Waals surface area contributed by atoms with Crippen molar-refractivity contribution < 1.29 is 0 Å². The van der Waals surface area contributed by atoms with Crippen molar-refractivity contribution in [1.29, 1.82) is 5.26 Å². The maximum Gasteiger partial charge on any atom is 0.123 e. The van der Waals surface area contributed by atoms with Gasteiger partial charge in [0.1, 0.15) is 5.54 Å². The molecule has 0 aliphatic carbocycles. The summed E-state index contributed by atoms with van der Waals surface area (Å²) in [4.78, 5) is 0. The molecule has 0 saturated carbocycles. The second kappa shape index (κ2) is 4.45. The second-order valence-corrected chi connectivity index (χ2v) is 4.46. The van der Waals surface area contributed by atoms with Crippen LogP contribution in [-0.4, -0.2) is 21.4 Å². The fourth-order valence-electron chi connectivity index (χ4n) is 1.63. The van der Waals surface area contributed by atoms with Crippen molar-refractivity contribution in [2.75, 3.05) is 0 Å². The zero-order valence-corrected chi connectivity index (χ0v) is 9.78. The number of nitrogens with zero attached hydrogens (tertiary/aromatic N) is 3. The molecule has 1 unspecified atom stereocenters. The zero-order valence-electron chi connectivity index (χ0n) is 9.78. The SMILES string of the molecule is Cc1cnn(CC(C)(C#N)NC(C)C)c1. The first-order valence-electron chi connectivity index (χ1n) is 5.13. The molecule has 0 amide bonds. The number of nitriles is 1. The molecule has 0 saturated heterocycles. The van der Waals surface area contributed by atoms with Crippen molar-refractivity contribution in [3.05, 3.63) is 18.0 Å². The van der Waals surface area contributed by atoms with E-state index >= 15 is 0 Å². The Bertz CT molecular complexity index is 361. The average Bonchev–Trinajstić information content (AvgIpc) is 2.49. The first kappa shape index (κ1) is 11.7. The van der Waals surface area contributed by atoms with Gasteiger partial charge in [-0.25, -0.2) is 0 Å². The summed E-state index contributed by atoms with van der Waals surface area (Å²) in [5, 5.41) is 16.6. The minimum Gasteiger partial charge on any atom is -0.296 e. The van der Waals surface area contributed by atoms with Gasteiger partial charge >= 0.3 is 0 Å². The summed E-state index contributed by atoms with van der Waals surface area (Å²) in [6.07, 6.45) is 3.74. The molecule has 0 spiro atoms. The van der Waals surface area contributed by atoms with E-state index in [0.29, 0.717) is 6.54 Å². The van der Waals surface area contributed by atoms with Gasteiger partial charge in [-0.3, -0.25) is 10.00 Å². The highest BCUT2D eigenvalue weighted by molar-refractivity contribution is 5.06. The summed E-state index contributed by atoms with van der Waals surface area (Å²) in [7, 11) is 0. The maximum atomic E-state index is 9.15. The third-order valence-electron chi connectivity index (χ3n) is 2.09. The molecular weight excluding hydrogens is 188 g/mol. The number of hydrogen-bond donors (Lipinski definition) is 1. The molecule has 1 aromatic rings. The zero-order chi connectivity index (χ0) is 11.5. The summed E-state index contributed by atoms with van der Waals surface area (Å²) in [5.41, 5.74) is 0.548. The maximum absolute atomic E-state index is 9.15. The predicted octanol–water partition coefficient (Wildman–Crippen LogP) is 1.47. The molecule has 4 nitrogen and oxygen atoms in total. The number of aryl methyl sites for hydroxylation is 1. The van der Waals surface area contributed by atoms with Crippen LogP contribution in [0.1, 0.15) is 26.3 Å². The number of nitrogens with one attached hydrogen (secondary N) is 1. The Kier molecular flexibility index (Phi) is 3.48. The quantitative estimate of drug-likeness (QED) is 0.811. The standard InChI is InChI=1S/C11H18N4/c1-9(2)14-11(4,7-12)8-15-6-10(3)5-13-15/h5-6,9,14H,8H2,1-4H3. The minimum atomic E-state index is -0.563. The van der Waals surface area contributed by atoms with Gasteiger partial charge in [0.05, 0.1) is 18.8 Å². The van der Waals surface area contributed by atoms with E-state index in [1.807, 2.05) is 33.9 Å². The highest BCUT2D eigenvalue weighted by Gasteiger charge is 2.25. The van der Waals surface area contributed by atoms with Crippen LogP contribution >= 0.6 is 0 Å². The molecule has 1 N–H and O–H groups in total. The smallest absolute Gasteiger partial charge is 0.123 e. The van der Waals surface area contributed by atoms with Crippen LogP contribution in [0.25, 0.3) is 0 Å². The van der Waals surface area contributed by atoms with E-state index in [1.165, 1.54) is 0 Å². The largest absolute Gasteiger partial charge is 0.296 e. The topological polar surface area (TPSA) is 53.6 Å². The monoisotopic (exact) mass is 206 g/mol. The molecule has 15 heavy (non-hydrogen) atoms. The Balaban J connectivity index is 2.73. The fraction of sp³-hybridized carbons (Fsp3) is 0.636. The van der Waals surface area contributed by atoms with Gasteiger partial charge in [0.25, 0.3) is 0 Å². The third-order valence-corrected chi connectivity index (χ3v) is 2.09. The van der Waals surface area contributed by atoms with E-state index in [-0.39, 0.29) is 6.04 Å². The number of aromatic nitrogens is 2. The lowest BCUT2D eigenvalue weighted by atomic mass is 10.0. The van der Waals surface area contributed by atoms with E-state index < -0.39 is 5.54 Å². The summed E-state index contributed by atoms with van der Waals surface area (Å²) < 4.78 is 1.80. The van der Waals surface area contributed by atoms with Crippen LogP contribution in [0.4, 0.5) is 0 Å². The highest BCUT2D eigenvalue weighted by atomic mass is 15.3. The van der Waals surface area contributed by atoms with E-state index in [0.717, 1.165) is 5.56 Å². The molecule has 0 aliphatic rings. The molecular formula is C11H18N4. The second-order valence-electron chi connectivity index (χ2n) is 4.46. The molecule has 0 fully saturated rings. The third kappa shape index (κ3) is 3.37. The lowest BCUT2D eigenvalue weighted by Gasteiger charge is -2.25. The van der Waals surface area contributed by atoms with E-state index in [2.05, 4.69) is 16.5 Å². The van der Waals surface area contributed by atoms with Gasteiger partial charge in [-0.1, -0.05) is 0 Å². The normalized spacial score (nSPS) is 14.9. The van der Waals surface area contributed by atoms with Gasteiger partial charge in [-0.05, 0) is 33.3 Å². The van der Waals surface area contributed by atoms with Gasteiger partial charge in [-0.2, -0.15) is 10.4 Å². The van der Waals surface area contributed by atoms with Crippen LogP contribution < -0.4 is 5.32 Å². The van der Waals surface area contributed by atoms with Crippen molar-refractivity contribution in [2.45, 2.75) is 45.8 Å². The molecule has 1 rings (SSSR count). The first-order chi connectivity index (χ1) is 6.95. The van der Waals surface area contributed by atoms with Crippen LogP contribution in [0.5, 0.6) is 0 Å². The summed E-state index contributed by atoms with van der Waals surface area (Å²) in [5.74, 6) is 0. The first-order valence-corrected chi connectivity index (χ1v) is 5.13. The van der Waals surface area contributed by atoms with Crippen molar-refractivity contribution >= 4 is 0 Å². The van der Waals surface area contributed by atoms with Crippen molar-refractivity contribution in [3.8, 4) is 6.07 Å². The Morgan fingerprint density at radius 3 is 2.73 bits per heavy atom. The molecule has 1 heterocycles.